The molecular weight excluding hydrogens is 679 g/mol. The van der Waals surface area contributed by atoms with E-state index in [1.54, 1.807) is 0 Å². The van der Waals surface area contributed by atoms with Crippen LogP contribution in [0, 0.1) is 0 Å². The maximum atomic E-state index is 6.55. The van der Waals surface area contributed by atoms with E-state index in [-0.39, 0.29) is 0 Å². The molecule has 0 saturated heterocycles. The molecule has 2 nitrogen and oxygen atoms in total. The first-order valence-corrected chi connectivity index (χ1v) is 19.2. The second-order valence-electron chi connectivity index (χ2n) is 14.5. The van der Waals surface area contributed by atoms with Crippen molar-refractivity contribution in [3.8, 4) is 33.4 Å². The van der Waals surface area contributed by atoms with Gasteiger partial charge in [-0.25, -0.2) is 0 Å². The molecule has 0 aliphatic rings. The number of hydrogen-bond acceptors (Lipinski definition) is 2. The lowest BCUT2D eigenvalue weighted by atomic mass is 9.93. The second kappa shape index (κ2) is 13.2. The number of anilines is 3. The van der Waals surface area contributed by atoms with Crippen molar-refractivity contribution in [3.05, 3.63) is 212 Å². The largest absolute Gasteiger partial charge is 0.456 e. The van der Waals surface area contributed by atoms with E-state index in [9.17, 15) is 0 Å². The molecule has 0 bridgehead atoms. The summed E-state index contributed by atoms with van der Waals surface area (Å²) in [6, 6.07) is 76.6. The van der Waals surface area contributed by atoms with Crippen LogP contribution < -0.4 is 4.90 Å². The monoisotopic (exact) mass is 713 g/mol. The van der Waals surface area contributed by atoms with Crippen molar-refractivity contribution in [2.24, 2.45) is 0 Å². The van der Waals surface area contributed by atoms with E-state index in [0.717, 1.165) is 50.1 Å². The Hall–Kier alpha value is -7.42. The zero-order valence-electron chi connectivity index (χ0n) is 30.6. The Balaban J connectivity index is 1.14. The summed E-state index contributed by atoms with van der Waals surface area (Å²) in [5, 5.41) is 9.65. The van der Waals surface area contributed by atoms with Crippen LogP contribution in [0.25, 0.3) is 87.6 Å². The Morgan fingerprint density at radius 2 is 0.839 bits per heavy atom. The molecule has 10 aromatic carbocycles. The number of benzene rings is 10. The standard InChI is InChI=1S/C54H35NO/c1-2-10-36(11-3-1)38-22-27-45(28-23-38)55(46-29-24-39(25-30-46)42-20-18-37-12-4-5-14-41(37)34-42)50-32-33-52-54(49-16-8-9-17-51(49)56-52)53(50)44-26-31-48-43(35-44)21-19-40-13-6-7-15-47(40)48/h1-35H. The van der Waals surface area contributed by atoms with E-state index in [0.29, 0.717) is 0 Å². The smallest absolute Gasteiger partial charge is 0.136 e. The molecule has 1 heterocycles. The van der Waals surface area contributed by atoms with Gasteiger partial charge in [-0.05, 0) is 115 Å². The topological polar surface area (TPSA) is 16.4 Å². The van der Waals surface area contributed by atoms with Gasteiger partial charge in [0, 0.05) is 27.7 Å². The van der Waals surface area contributed by atoms with Crippen LogP contribution in [0.15, 0.2) is 217 Å². The van der Waals surface area contributed by atoms with Crippen LogP contribution in [0.2, 0.25) is 0 Å². The van der Waals surface area contributed by atoms with Crippen molar-refractivity contribution >= 4 is 71.3 Å². The molecule has 0 aliphatic heterocycles. The Labute approximate surface area is 325 Å². The maximum absolute atomic E-state index is 6.55. The third-order valence-electron chi connectivity index (χ3n) is 11.2. The Morgan fingerprint density at radius 1 is 0.304 bits per heavy atom. The molecule has 0 fully saturated rings. The predicted octanol–water partition coefficient (Wildman–Crippen LogP) is 15.5. The number of nitrogens with zero attached hydrogens (tertiary/aromatic N) is 1. The van der Waals surface area contributed by atoms with Crippen LogP contribution in [0.4, 0.5) is 17.1 Å². The number of rotatable bonds is 6. The van der Waals surface area contributed by atoms with Crippen molar-refractivity contribution in [2.75, 3.05) is 4.90 Å². The Kier molecular flexibility index (Phi) is 7.53. The molecule has 2 heteroatoms. The Morgan fingerprint density at radius 3 is 1.62 bits per heavy atom. The van der Waals surface area contributed by atoms with Crippen molar-refractivity contribution < 1.29 is 4.42 Å². The fourth-order valence-electron chi connectivity index (χ4n) is 8.49. The third kappa shape index (κ3) is 5.42. The fourth-order valence-corrected chi connectivity index (χ4v) is 8.49. The molecule has 0 unspecified atom stereocenters. The first-order valence-electron chi connectivity index (χ1n) is 19.2. The number of hydrogen-bond donors (Lipinski definition) is 0. The SMILES string of the molecule is c1ccc(-c2ccc(N(c3ccc(-c4ccc5ccccc5c4)cc3)c3ccc4oc5ccccc5c4c3-c3ccc4c(ccc5ccccc54)c3)cc2)cc1. The van der Waals surface area contributed by atoms with Crippen LogP contribution in [-0.2, 0) is 0 Å². The van der Waals surface area contributed by atoms with Gasteiger partial charge in [0.2, 0.25) is 0 Å². The lowest BCUT2D eigenvalue weighted by Gasteiger charge is -2.29. The highest BCUT2D eigenvalue weighted by Crippen LogP contribution is 2.48. The minimum Gasteiger partial charge on any atom is -0.456 e. The summed E-state index contributed by atoms with van der Waals surface area (Å²) >= 11 is 0. The second-order valence-corrected chi connectivity index (χ2v) is 14.5. The zero-order valence-corrected chi connectivity index (χ0v) is 30.6. The first kappa shape index (κ1) is 32.0. The number of fused-ring (bicyclic) bond motifs is 7. The summed E-state index contributed by atoms with van der Waals surface area (Å²) in [6.45, 7) is 0. The van der Waals surface area contributed by atoms with Gasteiger partial charge in [-0.15, -0.1) is 0 Å². The van der Waals surface area contributed by atoms with Crippen molar-refractivity contribution in [1.29, 1.82) is 0 Å². The summed E-state index contributed by atoms with van der Waals surface area (Å²) < 4.78 is 6.55. The summed E-state index contributed by atoms with van der Waals surface area (Å²) in [7, 11) is 0. The van der Waals surface area contributed by atoms with Gasteiger partial charge in [-0.1, -0.05) is 158 Å². The van der Waals surface area contributed by atoms with Gasteiger partial charge < -0.3 is 9.32 Å². The van der Waals surface area contributed by atoms with Gasteiger partial charge in [0.1, 0.15) is 11.2 Å². The van der Waals surface area contributed by atoms with Gasteiger partial charge in [0.25, 0.3) is 0 Å². The van der Waals surface area contributed by atoms with Crippen LogP contribution >= 0.6 is 0 Å². The molecule has 56 heavy (non-hydrogen) atoms. The highest BCUT2D eigenvalue weighted by Gasteiger charge is 2.23. The molecular formula is C54H35NO. The molecule has 11 aromatic rings. The molecule has 0 atom stereocenters. The average Bonchev–Trinajstić information content (AvgIpc) is 3.66. The first-order chi connectivity index (χ1) is 27.7. The summed E-state index contributed by atoms with van der Waals surface area (Å²) in [6.07, 6.45) is 0. The molecule has 0 amide bonds. The number of para-hydroxylation sites is 1. The van der Waals surface area contributed by atoms with Crippen LogP contribution in [0.5, 0.6) is 0 Å². The van der Waals surface area contributed by atoms with E-state index < -0.39 is 0 Å². The molecule has 1 aromatic heterocycles. The van der Waals surface area contributed by atoms with Gasteiger partial charge in [-0.3, -0.25) is 0 Å². The molecule has 0 aliphatic carbocycles. The molecule has 0 N–H and O–H groups in total. The van der Waals surface area contributed by atoms with Crippen LogP contribution in [-0.4, -0.2) is 0 Å². The van der Waals surface area contributed by atoms with Gasteiger partial charge in [0.05, 0.1) is 5.69 Å². The van der Waals surface area contributed by atoms with E-state index in [1.165, 1.54) is 54.6 Å². The quantitative estimate of drug-likeness (QED) is 0.160. The minimum atomic E-state index is 0.870. The third-order valence-corrected chi connectivity index (χ3v) is 11.2. The summed E-state index contributed by atoms with van der Waals surface area (Å²) in [5.41, 5.74) is 12.0. The van der Waals surface area contributed by atoms with Gasteiger partial charge >= 0.3 is 0 Å². The molecule has 0 spiro atoms. The van der Waals surface area contributed by atoms with E-state index >= 15 is 0 Å². The minimum absolute atomic E-state index is 0.870. The predicted molar refractivity (Wildman–Crippen MR) is 237 cm³/mol. The molecule has 11 rings (SSSR count). The van der Waals surface area contributed by atoms with Crippen molar-refractivity contribution in [1.82, 2.24) is 0 Å². The Bertz CT molecular complexity index is 3230. The van der Waals surface area contributed by atoms with Gasteiger partial charge in [0.15, 0.2) is 0 Å². The summed E-state index contributed by atoms with van der Waals surface area (Å²) in [5.74, 6) is 0. The molecule has 262 valence electrons. The van der Waals surface area contributed by atoms with Crippen molar-refractivity contribution in [3.63, 3.8) is 0 Å². The lowest BCUT2D eigenvalue weighted by Crippen LogP contribution is -2.11. The maximum Gasteiger partial charge on any atom is 0.136 e. The van der Waals surface area contributed by atoms with E-state index in [4.69, 9.17) is 4.42 Å². The highest BCUT2D eigenvalue weighted by atomic mass is 16.3. The van der Waals surface area contributed by atoms with E-state index in [1.807, 2.05) is 6.07 Å². The van der Waals surface area contributed by atoms with E-state index in [2.05, 4.69) is 211 Å². The molecule has 0 saturated carbocycles. The normalized spacial score (nSPS) is 11.6. The number of furan rings is 1. The molecule has 0 radical (unpaired) electrons. The fraction of sp³-hybridized carbons (Fsp3) is 0. The zero-order chi connectivity index (χ0) is 37.0. The van der Waals surface area contributed by atoms with Crippen molar-refractivity contribution in [2.45, 2.75) is 0 Å². The van der Waals surface area contributed by atoms with Gasteiger partial charge in [-0.2, -0.15) is 0 Å². The summed E-state index contributed by atoms with van der Waals surface area (Å²) in [4.78, 5) is 2.40. The lowest BCUT2D eigenvalue weighted by molar-refractivity contribution is 0.669. The van der Waals surface area contributed by atoms with Crippen LogP contribution in [0.3, 0.4) is 0 Å². The average molecular weight is 714 g/mol. The van der Waals surface area contributed by atoms with Crippen LogP contribution in [0.1, 0.15) is 0 Å². The highest BCUT2D eigenvalue weighted by molar-refractivity contribution is 6.17.